The number of thiazole rings is 1. The van der Waals surface area contributed by atoms with Crippen molar-refractivity contribution < 1.29 is 18.3 Å². The summed E-state index contributed by atoms with van der Waals surface area (Å²) in [4.78, 5) is 44.1. The lowest BCUT2D eigenvalue weighted by Crippen LogP contribution is -2.42. The number of carbonyl (C=O) groups is 1. The van der Waals surface area contributed by atoms with Crippen molar-refractivity contribution in [1.29, 1.82) is 0 Å². The quantitative estimate of drug-likeness (QED) is 0.204. The molecule has 0 N–H and O–H groups in total. The van der Waals surface area contributed by atoms with E-state index < -0.39 is 28.7 Å². The van der Waals surface area contributed by atoms with E-state index in [0.717, 1.165) is 28.0 Å². The summed E-state index contributed by atoms with van der Waals surface area (Å²) in [5.41, 5.74) is 2.46. The first-order valence-electron chi connectivity index (χ1n) is 13.2. The molecule has 0 aliphatic carbocycles. The molecule has 0 amide bonds. The molecule has 216 valence electrons. The van der Waals surface area contributed by atoms with Crippen LogP contribution in [0, 0.1) is 11.6 Å². The van der Waals surface area contributed by atoms with Gasteiger partial charge in [-0.15, -0.1) is 11.3 Å². The van der Waals surface area contributed by atoms with Gasteiger partial charge in [0.15, 0.2) is 23.1 Å². The van der Waals surface area contributed by atoms with Crippen molar-refractivity contribution >= 4 is 22.6 Å². The van der Waals surface area contributed by atoms with E-state index in [1.165, 1.54) is 52.4 Å². The summed E-state index contributed by atoms with van der Waals surface area (Å²) in [6.07, 6.45) is 4.31. The minimum absolute atomic E-state index is 0.0678. The van der Waals surface area contributed by atoms with Crippen molar-refractivity contribution in [3.05, 3.63) is 128 Å². The van der Waals surface area contributed by atoms with E-state index in [9.17, 15) is 18.8 Å². The van der Waals surface area contributed by atoms with Crippen molar-refractivity contribution in [2.45, 2.75) is 26.3 Å². The molecule has 0 atom stereocenters. The number of carbonyl (C=O) groups excluding carboxylic acids is 1. The van der Waals surface area contributed by atoms with Crippen molar-refractivity contribution in [3.63, 3.8) is 0 Å². The number of ketones is 1. The summed E-state index contributed by atoms with van der Waals surface area (Å²) >= 11 is 1.44. The van der Waals surface area contributed by atoms with E-state index >= 15 is 4.39 Å². The van der Waals surface area contributed by atoms with Crippen LogP contribution in [0.4, 0.5) is 8.78 Å². The van der Waals surface area contributed by atoms with Gasteiger partial charge >= 0.3 is 5.69 Å². The van der Waals surface area contributed by atoms with E-state index in [1.54, 1.807) is 48.4 Å². The molecule has 0 aliphatic heterocycles. The molecule has 4 aromatic heterocycles. The number of hydrogen-bond donors (Lipinski definition) is 0. The average molecular weight is 600 g/mol. The van der Waals surface area contributed by atoms with Gasteiger partial charge in [-0.05, 0) is 67.9 Å². The Kier molecular flexibility index (Phi) is 7.28. The highest BCUT2D eigenvalue weighted by atomic mass is 32.1. The zero-order valence-corrected chi connectivity index (χ0v) is 23.7. The molecule has 0 aliphatic rings. The molecule has 0 saturated heterocycles. The van der Waals surface area contributed by atoms with Crippen LogP contribution >= 0.6 is 11.3 Å². The highest BCUT2D eigenvalue weighted by molar-refractivity contribution is 7.07. The number of pyridine rings is 1. The first kappa shape index (κ1) is 27.9. The van der Waals surface area contributed by atoms with E-state index in [2.05, 4.69) is 10.1 Å². The molecular formula is C31H23F2N5O4S. The first-order valence-corrected chi connectivity index (χ1v) is 14.1. The molecule has 0 radical (unpaired) electrons. The zero-order valence-electron chi connectivity index (χ0n) is 22.9. The van der Waals surface area contributed by atoms with Crippen LogP contribution in [-0.2, 0) is 6.42 Å². The summed E-state index contributed by atoms with van der Waals surface area (Å²) < 4.78 is 38.5. The molecular weight excluding hydrogens is 576 g/mol. The van der Waals surface area contributed by atoms with Gasteiger partial charge in [-0.25, -0.2) is 27.6 Å². The van der Waals surface area contributed by atoms with E-state index in [-0.39, 0.29) is 29.5 Å². The third-order valence-electron chi connectivity index (χ3n) is 6.84. The molecule has 4 heterocycles. The Labute approximate surface area is 246 Å². The third-order valence-corrected chi connectivity index (χ3v) is 7.42. The largest absolute Gasteiger partial charge is 0.452 e. The maximum Gasteiger partial charge on any atom is 0.335 e. The zero-order chi connectivity index (χ0) is 30.2. The van der Waals surface area contributed by atoms with Crippen LogP contribution < -0.4 is 16.0 Å². The Morgan fingerprint density at radius 1 is 1.00 bits per heavy atom. The topological polar surface area (TPSA) is 100 Å². The smallest absolute Gasteiger partial charge is 0.335 e. The lowest BCUT2D eigenvalue weighted by atomic mass is 10.0. The molecule has 9 nitrogen and oxygen atoms in total. The Hall–Kier alpha value is -5.23. The second-order valence-corrected chi connectivity index (χ2v) is 10.8. The third kappa shape index (κ3) is 5.40. The standard InChI is InChI=1S/C31H23F2N5O4S/c1-18(2)36-15-23(30(40)38(31(36)41)22-6-4-21(32)5-7-22)27(39)12-19-3-8-28(24(33)11-19)42-29-13-20(25-16-43-17-34-25)14-37-26(29)9-10-35-37/h3-11,13-18H,12H2,1-2H3. The van der Waals surface area contributed by atoms with Crippen molar-refractivity contribution in [2.24, 2.45) is 0 Å². The van der Waals surface area contributed by atoms with Crippen molar-refractivity contribution in [2.75, 3.05) is 0 Å². The minimum Gasteiger partial charge on any atom is -0.452 e. The molecule has 0 bridgehead atoms. The first-order chi connectivity index (χ1) is 20.7. The monoisotopic (exact) mass is 599 g/mol. The SMILES string of the molecule is CC(C)n1cc(C(=O)Cc2ccc(Oc3cc(-c4cscn4)cn4nccc34)c(F)c2)c(=O)n(-c2ccc(F)cc2)c1=O. The molecule has 43 heavy (non-hydrogen) atoms. The fourth-order valence-electron chi connectivity index (χ4n) is 4.66. The molecule has 0 unspecified atom stereocenters. The highest BCUT2D eigenvalue weighted by Crippen LogP contribution is 2.32. The number of rotatable bonds is 8. The fraction of sp³-hybridized carbons (Fsp3) is 0.129. The Bertz CT molecular complexity index is 2100. The number of hydrogen-bond acceptors (Lipinski definition) is 7. The van der Waals surface area contributed by atoms with Gasteiger partial charge in [0.1, 0.15) is 16.9 Å². The number of fused-ring (bicyclic) bond motifs is 1. The van der Waals surface area contributed by atoms with Gasteiger partial charge in [0.05, 0.1) is 23.1 Å². The molecule has 12 heteroatoms. The predicted molar refractivity (Wildman–Crippen MR) is 157 cm³/mol. The highest BCUT2D eigenvalue weighted by Gasteiger charge is 2.21. The Morgan fingerprint density at radius 3 is 2.49 bits per heavy atom. The fourth-order valence-corrected chi connectivity index (χ4v) is 5.22. The molecule has 2 aromatic carbocycles. The number of Topliss-reactive ketones (excluding diaryl/α,β-unsaturated/α-hetero) is 1. The number of aromatic nitrogens is 5. The van der Waals surface area contributed by atoms with Crippen LogP contribution in [0.1, 0.15) is 35.8 Å². The van der Waals surface area contributed by atoms with Gasteiger partial charge in [0, 0.05) is 35.8 Å². The van der Waals surface area contributed by atoms with Gasteiger partial charge in [-0.3, -0.25) is 14.2 Å². The lowest BCUT2D eigenvalue weighted by molar-refractivity contribution is 0.0990. The van der Waals surface area contributed by atoms with E-state index in [1.807, 2.05) is 5.38 Å². The van der Waals surface area contributed by atoms with Gasteiger partial charge in [-0.1, -0.05) is 6.07 Å². The van der Waals surface area contributed by atoms with Crippen LogP contribution in [0.25, 0.3) is 22.5 Å². The second kappa shape index (κ2) is 11.2. The van der Waals surface area contributed by atoms with Crippen LogP contribution in [0.3, 0.4) is 0 Å². The average Bonchev–Trinajstić information content (AvgIpc) is 3.68. The summed E-state index contributed by atoms with van der Waals surface area (Å²) in [5.74, 6) is -1.56. The summed E-state index contributed by atoms with van der Waals surface area (Å²) in [5, 5.41) is 6.14. The van der Waals surface area contributed by atoms with Crippen LogP contribution in [0.5, 0.6) is 11.5 Å². The van der Waals surface area contributed by atoms with E-state index in [4.69, 9.17) is 4.74 Å². The molecule has 0 fully saturated rings. The lowest BCUT2D eigenvalue weighted by Gasteiger charge is -2.15. The normalized spacial score (nSPS) is 11.4. The molecule has 6 rings (SSSR count). The van der Waals surface area contributed by atoms with E-state index in [0.29, 0.717) is 16.8 Å². The maximum absolute atomic E-state index is 15.3. The predicted octanol–water partition coefficient (Wildman–Crippen LogP) is 5.85. The number of benzene rings is 2. The second-order valence-electron chi connectivity index (χ2n) is 10.0. The summed E-state index contributed by atoms with van der Waals surface area (Å²) in [6, 6.07) is 12.0. The Morgan fingerprint density at radius 2 is 1.79 bits per heavy atom. The number of halogens is 2. The minimum atomic E-state index is -0.844. The van der Waals surface area contributed by atoms with Crippen LogP contribution in [-0.4, -0.2) is 29.5 Å². The maximum atomic E-state index is 15.3. The van der Waals surface area contributed by atoms with Gasteiger partial charge < -0.3 is 4.74 Å². The van der Waals surface area contributed by atoms with Crippen molar-refractivity contribution in [3.8, 4) is 28.4 Å². The van der Waals surface area contributed by atoms with Gasteiger partial charge in [0.25, 0.3) is 5.56 Å². The van der Waals surface area contributed by atoms with Gasteiger partial charge in [-0.2, -0.15) is 5.10 Å². The number of ether oxygens (including phenoxy) is 1. The molecule has 6 aromatic rings. The summed E-state index contributed by atoms with van der Waals surface area (Å²) in [7, 11) is 0. The summed E-state index contributed by atoms with van der Waals surface area (Å²) in [6.45, 7) is 3.46. The van der Waals surface area contributed by atoms with Crippen LogP contribution in [0.2, 0.25) is 0 Å². The van der Waals surface area contributed by atoms with Crippen molar-refractivity contribution in [1.82, 2.24) is 23.7 Å². The Balaban J connectivity index is 1.30. The van der Waals surface area contributed by atoms with Gasteiger partial charge in [0.2, 0.25) is 0 Å². The number of nitrogens with zero attached hydrogens (tertiary/aromatic N) is 5. The van der Waals surface area contributed by atoms with Crippen LogP contribution in [0.15, 0.2) is 93.7 Å². The molecule has 0 saturated carbocycles. The molecule has 0 spiro atoms.